The van der Waals surface area contributed by atoms with Crippen LogP contribution in [-0.2, 0) is 28.6 Å². The van der Waals surface area contributed by atoms with Crippen LogP contribution in [0.2, 0.25) is 0 Å². The highest BCUT2D eigenvalue weighted by atomic mass is 16.6. The lowest BCUT2D eigenvalue weighted by Gasteiger charge is -2.18. The van der Waals surface area contributed by atoms with Crippen LogP contribution in [0.3, 0.4) is 0 Å². The SMILES string of the molecule is CC/C=C\C/C=C\C/C=C\CCCCCC(=O)OCC(COC(=O)CCCCCCC/C=C\C/C=C\CCCCCC)OC(=O)CCCCCCC/C=C\CCCCCCCCC. The van der Waals surface area contributed by atoms with E-state index >= 15 is 0 Å². The molecule has 1 atom stereocenters. The van der Waals surface area contributed by atoms with Crippen LogP contribution in [0.1, 0.15) is 252 Å². The Morgan fingerprint density at radius 1 is 0.333 bits per heavy atom. The van der Waals surface area contributed by atoms with E-state index < -0.39 is 6.10 Å². The Bertz CT molecular complexity index is 1190. The molecule has 0 amide bonds. The van der Waals surface area contributed by atoms with Crippen molar-refractivity contribution in [1.29, 1.82) is 0 Å². The van der Waals surface area contributed by atoms with Crippen LogP contribution in [0, 0.1) is 0 Å². The van der Waals surface area contributed by atoms with E-state index in [1.54, 1.807) is 0 Å². The van der Waals surface area contributed by atoms with E-state index in [1.807, 2.05) is 0 Å². The van der Waals surface area contributed by atoms with Crippen molar-refractivity contribution in [2.24, 2.45) is 0 Å². The molecular weight excluding hydrogens is 781 g/mol. The smallest absolute Gasteiger partial charge is 0.306 e. The first kappa shape index (κ1) is 59.9. The normalized spacial score (nSPS) is 12.6. The third kappa shape index (κ3) is 49.7. The average Bonchev–Trinajstić information content (AvgIpc) is 3.28. The number of hydrogen-bond donors (Lipinski definition) is 0. The van der Waals surface area contributed by atoms with E-state index in [9.17, 15) is 14.4 Å². The molecule has 0 fully saturated rings. The number of esters is 3. The highest BCUT2D eigenvalue weighted by Gasteiger charge is 2.19. The zero-order valence-electron chi connectivity index (χ0n) is 41.3. The number of hydrogen-bond acceptors (Lipinski definition) is 6. The number of ether oxygens (including phenoxy) is 3. The summed E-state index contributed by atoms with van der Waals surface area (Å²) in [5.74, 6) is -0.944. The highest BCUT2D eigenvalue weighted by molar-refractivity contribution is 5.71. The van der Waals surface area contributed by atoms with Gasteiger partial charge in [0.1, 0.15) is 13.2 Å². The molecule has 0 aliphatic rings. The minimum atomic E-state index is -0.797. The van der Waals surface area contributed by atoms with E-state index in [4.69, 9.17) is 14.2 Å². The lowest BCUT2D eigenvalue weighted by atomic mass is 10.1. The Kier molecular flexibility index (Phi) is 48.9. The van der Waals surface area contributed by atoms with Crippen molar-refractivity contribution in [3.63, 3.8) is 0 Å². The molecular formula is C57H98O6. The molecule has 6 heteroatoms. The summed E-state index contributed by atoms with van der Waals surface area (Å²) in [7, 11) is 0. The average molecular weight is 879 g/mol. The molecule has 0 aromatic rings. The topological polar surface area (TPSA) is 78.9 Å². The van der Waals surface area contributed by atoms with Gasteiger partial charge in [0, 0.05) is 19.3 Å². The first-order valence-electron chi connectivity index (χ1n) is 26.4. The Morgan fingerprint density at radius 2 is 0.619 bits per heavy atom. The maximum absolute atomic E-state index is 12.8. The predicted octanol–water partition coefficient (Wildman–Crippen LogP) is 17.4. The van der Waals surface area contributed by atoms with E-state index in [2.05, 4.69) is 93.7 Å². The summed E-state index contributed by atoms with van der Waals surface area (Å²) in [6.07, 6.45) is 64.6. The first-order chi connectivity index (χ1) is 31.0. The molecule has 0 N–H and O–H groups in total. The summed E-state index contributed by atoms with van der Waals surface area (Å²) < 4.78 is 16.8. The lowest BCUT2D eigenvalue weighted by molar-refractivity contribution is -0.167. The Labute approximate surface area is 389 Å². The Morgan fingerprint density at radius 3 is 1.02 bits per heavy atom. The van der Waals surface area contributed by atoms with Gasteiger partial charge in [-0.2, -0.15) is 0 Å². The molecule has 0 aliphatic carbocycles. The number of carbonyl (C=O) groups is 3. The minimum absolute atomic E-state index is 0.0956. The van der Waals surface area contributed by atoms with Gasteiger partial charge in [-0.3, -0.25) is 14.4 Å². The molecule has 63 heavy (non-hydrogen) atoms. The molecule has 0 saturated heterocycles. The monoisotopic (exact) mass is 879 g/mol. The van der Waals surface area contributed by atoms with Gasteiger partial charge in [0.25, 0.3) is 0 Å². The van der Waals surface area contributed by atoms with E-state index in [0.29, 0.717) is 19.3 Å². The summed E-state index contributed by atoms with van der Waals surface area (Å²) in [5, 5.41) is 0. The van der Waals surface area contributed by atoms with Crippen molar-refractivity contribution in [1.82, 2.24) is 0 Å². The van der Waals surface area contributed by atoms with Gasteiger partial charge >= 0.3 is 17.9 Å². The molecule has 0 rings (SSSR count). The van der Waals surface area contributed by atoms with Gasteiger partial charge in [0.15, 0.2) is 6.10 Å². The fraction of sp³-hybridized carbons (Fsp3) is 0.737. The molecule has 0 aliphatic heterocycles. The molecule has 0 bridgehead atoms. The Hall–Kier alpha value is -3.15. The van der Waals surface area contributed by atoms with Crippen LogP contribution in [0.15, 0.2) is 72.9 Å². The van der Waals surface area contributed by atoms with E-state index in [-0.39, 0.29) is 31.1 Å². The summed E-state index contributed by atoms with van der Waals surface area (Å²) in [4.78, 5) is 38.0. The summed E-state index contributed by atoms with van der Waals surface area (Å²) in [6, 6.07) is 0. The minimum Gasteiger partial charge on any atom is -0.462 e. The molecule has 0 heterocycles. The molecule has 0 aromatic carbocycles. The molecule has 1 unspecified atom stereocenters. The zero-order chi connectivity index (χ0) is 45.8. The quantitative estimate of drug-likeness (QED) is 0.0262. The third-order valence-electron chi connectivity index (χ3n) is 11.2. The fourth-order valence-electron chi connectivity index (χ4n) is 7.19. The van der Waals surface area contributed by atoms with Crippen molar-refractivity contribution < 1.29 is 28.6 Å². The molecule has 0 saturated carbocycles. The second-order valence-corrected chi connectivity index (χ2v) is 17.4. The Balaban J connectivity index is 4.45. The first-order valence-corrected chi connectivity index (χ1v) is 26.4. The second kappa shape index (κ2) is 51.5. The maximum atomic E-state index is 12.8. The van der Waals surface area contributed by atoms with Crippen LogP contribution in [0.5, 0.6) is 0 Å². The number of allylic oxidation sites excluding steroid dienone is 12. The molecule has 0 aromatic heterocycles. The van der Waals surface area contributed by atoms with Crippen LogP contribution >= 0.6 is 0 Å². The van der Waals surface area contributed by atoms with Crippen LogP contribution in [0.25, 0.3) is 0 Å². The van der Waals surface area contributed by atoms with Gasteiger partial charge < -0.3 is 14.2 Å². The summed E-state index contributed by atoms with van der Waals surface area (Å²) in [6.45, 7) is 6.46. The number of rotatable bonds is 47. The van der Waals surface area contributed by atoms with Crippen molar-refractivity contribution in [2.45, 2.75) is 258 Å². The van der Waals surface area contributed by atoms with Gasteiger partial charge in [-0.25, -0.2) is 0 Å². The largest absolute Gasteiger partial charge is 0.462 e. The van der Waals surface area contributed by atoms with Gasteiger partial charge in [0.05, 0.1) is 0 Å². The van der Waals surface area contributed by atoms with Crippen molar-refractivity contribution in [2.75, 3.05) is 13.2 Å². The van der Waals surface area contributed by atoms with Gasteiger partial charge in [0.2, 0.25) is 0 Å². The van der Waals surface area contributed by atoms with Crippen LogP contribution in [-0.4, -0.2) is 37.2 Å². The van der Waals surface area contributed by atoms with Gasteiger partial charge in [-0.15, -0.1) is 0 Å². The summed E-state index contributed by atoms with van der Waals surface area (Å²) >= 11 is 0. The van der Waals surface area contributed by atoms with Gasteiger partial charge in [-0.05, 0) is 109 Å². The molecule has 362 valence electrons. The van der Waals surface area contributed by atoms with Crippen LogP contribution in [0.4, 0.5) is 0 Å². The zero-order valence-corrected chi connectivity index (χ0v) is 41.3. The number of carbonyl (C=O) groups excluding carboxylic acids is 3. The third-order valence-corrected chi connectivity index (χ3v) is 11.2. The fourth-order valence-corrected chi connectivity index (χ4v) is 7.19. The van der Waals surface area contributed by atoms with E-state index in [0.717, 1.165) is 122 Å². The highest BCUT2D eigenvalue weighted by Crippen LogP contribution is 2.14. The summed E-state index contributed by atoms with van der Waals surface area (Å²) in [5.41, 5.74) is 0. The molecule has 6 nitrogen and oxygen atoms in total. The van der Waals surface area contributed by atoms with Gasteiger partial charge in [-0.1, -0.05) is 196 Å². The van der Waals surface area contributed by atoms with Crippen LogP contribution < -0.4 is 0 Å². The lowest BCUT2D eigenvalue weighted by Crippen LogP contribution is -2.30. The van der Waals surface area contributed by atoms with Crippen molar-refractivity contribution in [3.8, 4) is 0 Å². The van der Waals surface area contributed by atoms with Crippen molar-refractivity contribution in [3.05, 3.63) is 72.9 Å². The standard InChI is InChI=1S/C57H98O6/c1-4-7-10-13-16-19-22-25-27-29-32-35-38-41-44-47-50-56(59)62-53-54(52-61-55(58)49-46-43-40-37-34-31-24-21-18-15-12-9-6-3)63-57(60)51-48-45-42-39-36-33-30-28-26-23-20-17-14-11-8-5-2/h9,12,18-19,21-22,27-31,34,54H,4-8,10-11,13-17,20,23-26,32-33,35-53H2,1-3H3/b12-9-,21-18-,22-19-,29-27-,30-28-,34-31-. The van der Waals surface area contributed by atoms with E-state index in [1.165, 1.54) is 89.9 Å². The molecule has 0 spiro atoms. The predicted molar refractivity (Wildman–Crippen MR) is 270 cm³/mol. The second-order valence-electron chi connectivity index (χ2n) is 17.4. The number of unbranched alkanes of at least 4 members (excludes halogenated alkanes) is 24. The van der Waals surface area contributed by atoms with Crippen molar-refractivity contribution >= 4 is 17.9 Å². The maximum Gasteiger partial charge on any atom is 0.306 e. The molecule has 0 radical (unpaired) electrons.